The van der Waals surface area contributed by atoms with Gasteiger partial charge in [0.2, 0.25) is 0 Å². The average Bonchev–Trinajstić information content (AvgIpc) is 3.44. The van der Waals surface area contributed by atoms with Crippen molar-refractivity contribution in [2.75, 3.05) is 0 Å². The first-order valence-electron chi connectivity index (χ1n) is 17.4. The topological polar surface area (TPSA) is 38.7 Å². The van der Waals surface area contributed by atoms with Gasteiger partial charge < -0.3 is 0 Å². The zero-order valence-corrected chi connectivity index (χ0v) is 28.6. The lowest BCUT2D eigenvalue weighted by Gasteiger charge is -2.22. The predicted molar refractivity (Wildman–Crippen MR) is 210 cm³/mol. The monoisotopic (exact) mass is 653 g/mol. The fourth-order valence-corrected chi connectivity index (χ4v) is 7.49. The Balaban J connectivity index is 1.19. The number of hydrogen-bond donors (Lipinski definition) is 0. The average molecular weight is 654 g/mol. The van der Waals surface area contributed by atoms with Crippen molar-refractivity contribution in [1.29, 1.82) is 0 Å². The SMILES string of the molecule is CC1(C)c2ccccc2-c2ccc(-c3cccc(-c4nc(-c5cccc(-c6ccccc6)c5)nc(-c5ccccc5-c5ccccc5)n4)c3)cc21. The molecule has 1 aliphatic rings. The van der Waals surface area contributed by atoms with E-state index in [0.717, 1.165) is 44.5 Å². The maximum atomic E-state index is 5.19. The van der Waals surface area contributed by atoms with Crippen LogP contribution >= 0.6 is 0 Å². The van der Waals surface area contributed by atoms with E-state index in [1.165, 1.54) is 27.8 Å². The van der Waals surface area contributed by atoms with Gasteiger partial charge in [-0.1, -0.05) is 172 Å². The van der Waals surface area contributed by atoms with Gasteiger partial charge in [-0.2, -0.15) is 0 Å². The summed E-state index contributed by atoms with van der Waals surface area (Å²) in [5.41, 5.74) is 14.9. The van der Waals surface area contributed by atoms with Crippen molar-refractivity contribution in [1.82, 2.24) is 15.0 Å². The molecule has 0 amide bonds. The van der Waals surface area contributed by atoms with Crippen molar-refractivity contribution in [3.8, 4) is 78.7 Å². The van der Waals surface area contributed by atoms with Gasteiger partial charge in [0, 0.05) is 22.1 Å². The number of nitrogens with zero attached hydrogens (tertiary/aromatic N) is 3. The quantitative estimate of drug-likeness (QED) is 0.179. The molecule has 1 heterocycles. The predicted octanol–water partition coefficient (Wildman–Crippen LogP) is 12.2. The van der Waals surface area contributed by atoms with Crippen LogP contribution in [0.3, 0.4) is 0 Å². The Morgan fingerprint density at radius 2 is 0.745 bits per heavy atom. The summed E-state index contributed by atoms with van der Waals surface area (Å²) >= 11 is 0. The normalized spacial score (nSPS) is 12.7. The zero-order chi connectivity index (χ0) is 34.4. The number of fused-ring (bicyclic) bond motifs is 3. The fourth-order valence-electron chi connectivity index (χ4n) is 7.49. The van der Waals surface area contributed by atoms with Crippen molar-refractivity contribution in [2.24, 2.45) is 0 Å². The van der Waals surface area contributed by atoms with E-state index in [2.05, 4.69) is 178 Å². The molecule has 9 rings (SSSR count). The summed E-state index contributed by atoms with van der Waals surface area (Å²) in [4.78, 5) is 15.5. The molecule has 0 saturated carbocycles. The van der Waals surface area contributed by atoms with Crippen LogP contribution in [0.1, 0.15) is 25.0 Å². The molecular formula is C48H35N3. The van der Waals surface area contributed by atoms with Crippen LogP contribution in [0, 0.1) is 0 Å². The third-order valence-electron chi connectivity index (χ3n) is 10.2. The highest BCUT2D eigenvalue weighted by Crippen LogP contribution is 2.49. The van der Waals surface area contributed by atoms with Gasteiger partial charge in [-0.05, 0) is 73.8 Å². The minimum Gasteiger partial charge on any atom is -0.208 e. The maximum absolute atomic E-state index is 5.19. The Labute approximate surface area is 299 Å². The number of aromatic nitrogens is 3. The van der Waals surface area contributed by atoms with Crippen LogP contribution in [0.4, 0.5) is 0 Å². The summed E-state index contributed by atoms with van der Waals surface area (Å²) in [7, 11) is 0. The molecule has 0 unspecified atom stereocenters. The lowest BCUT2D eigenvalue weighted by Crippen LogP contribution is -2.14. The van der Waals surface area contributed by atoms with Crippen molar-refractivity contribution >= 4 is 0 Å². The molecule has 0 N–H and O–H groups in total. The summed E-state index contributed by atoms with van der Waals surface area (Å²) in [6, 6.07) is 61.9. The number of benzene rings is 7. The third-order valence-corrected chi connectivity index (χ3v) is 10.2. The summed E-state index contributed by atoms with van der Waals surface area (Å²) in [5.74, 6) is 1.92. The first-order chi connectivity index (χ1) is 25.0. The molecule has 1 aliphatic carbocycles. The number of hydrogen-bond acceptors (Lipinski definition) is 3. The molecule has 0 atom stereocenters. The van der Waals surface area contributed by atoms with Crippen molar-refractivity contribution < 1.29 is 0 Å². The van der Waals surface area contributed by atoms with Crippen LogP contribution in [-0.2, 0) is 5.41 Å². The molecule has 0 aliphatic heterocycles. The lowest BCUT2D eigenvalue weighted by molar-refractivity contribution is 0.660. The lowest BCUT2D eigenvalue weighted by atomic mass is 9.81. The van der Waals surface area contributed by atoms with Gasteiger partial charge in [0.15, 0.2) is 17.5 Å². The first-order valence-corrected chi connectivity index (χ1v) is 17.4. The molecule has 0 bridgehead atoms. The summed E-state index contributed by atoms with van der Waals surface area (Å²) in [6.45, 7) is 4.65. The third kappa shape index (κ3) is 5.53. The molecule has 8 aromatic rings. The first kappa shape index (κ1) is 30.6. The molecule has 3 heteroatoms. The second-order valence-electron chi connectivity index (χ2n) is 13.7. The molecule has 0 spiro atoms. The minimum absolute atomic E-state index is 0.0714. The molecule has 3 nitrogen and oxygen atoms in total. The van der Waals surface area contributed by atoms with E-state index < -0.39 is 0 Å². The Morgan fingerprint density at radius 3 is 1.41 bits per heavy atom. The van der Waals surface area contributed by atoms with E-state index in [0.29, 0.717) is 17.5 Å². The molecule has 0 radical (unpaired) electrons. The maximum Gasteiger partial charge on any atom is 0.164 e. The fraction of sp³-hybridized carbons (Fsp3) is 0.0625. The van der Waals surface area contributed by atoms with Gasteiger partial charge in [-0.25, -0.2) is 15.0 Å². The highest BCUT2D eigenvalue weighted by molar-refractivity contribution is 5.85. The van der Waals surface area contributed by atoms with E-state index in [1.54, 1.807) is 0 Å². The summed E-state index contributed by atoms with van der Waals surface area (Å²) in [5, 5.41) is 0. The van der Waals surface area contributed by atoms with Gasteiger partial charge in [0.1, 0.15) is 0 Å². The van der Waals surface area contributed by atoms with E-state index >= 15 is 0 Å². The van der Waals surface area contributed by atoms with Crippen LogP contribution in [-0.4, -0.2) is 15.0 Å². The largest absolute Gasteiger partial charge is 0.208 e. The second kappa shape index (κ2) is 12.5. The van der Waals surface area contributed by atoms with Gasteiger partial charge in [-0.15, -0.1) is 0 Å². The molecule has 7 aromatic carbocycles. The van der Waals surface area contributed by atoms with E-state index in [4.69, 9.17) is 15.0 Å². The molecular weight excluding hydrogens is 619 g/mol. The molecule has 0 fully saturated rings. The minimum atomic E-state index is -0.0714. The smallest absolute Gasteiger partial charge is 0.164 e. The van der Waals surface area contributed by atoms with Gasteiger partial charge in [0.05, 0.1) is 0 Å². The van der Waals surface area contributed by atoms with Gasteiger partial charge >= 0.3 is 0 Å². The Morgan fingerprint density at radius 1 is 0.294 bits per heavy atom. The van der Waals surface area contributed by atoms with Crippen LogP contribution in [0.5, 0.6) is 0 Å². The summed E-state index contributed by atoms with van der Waals surface area (Å²) < 4.78 is 0. The Bertz CT molecular complexity index is 2550. The highest BCUT2D eigenvalue weighted by atomic mass is 15.0. The van der Waals surface area contributed by atoms with E-state index in [9.17, 15) is 0 Å². The van der Waals surface area contributed by atoms with Crippen LogP contribution in [0.15, 0.2) is 176 Å². The second-order valence-corrected chi connectivity index (χ2v) is 13.7. The highest BCUT2D eigenvalue weighted by Gasteiger charge is 2.35. The van der Waals surface area contributed by atoms with Crippen molar-refractivity contribution in [3.63, 3.8) is 0 Å². The van der Waals surface area contributed by atoms with Gasteiger partial charge in [0.25, 0.3) is 0 Å². The van der Waals surface area contributed by atoms with Crippen molar-refractivity contribution in [2.45, 2.75) is 19.3 Å². The zero-order valence-electron chi connectivity index (χ0n) is 28.6. The van der Waals surface area contributed by atoms with Crippen molar-refractivity contribution in [3.05, 3.63) is 187 Å². The molecule has 51 heavy (non-hydrogen) atoms. The standard InChI is InChI=1S/C48H35N3/c1-48(2)43-26-12-11-24-40(43)41-28-27-36(31-44(41)48)35-20-14-22-38(30-35)46-49-45(37-21-13-19-34(29-37)32-15-5-3-6-16-32)50-47(51-46)42-25-10-9-23-39(42)33-17-7-4-8-18-33/h3-31H,1-2H3. The molecule has 242 valence electrons. The molecule has 0 saturated heterocycles. The van der Waals surface area contributed by atoms with Crippen LogP contribution in [0.25, 0.3) is 78.7 Å². The van der Waals surface area contributed by atoms with Gasteiger partial charge in [-0.3, -0.25) is 0 Å². The Kier molecular flexibility index (Phi) is 7.48. The van der Waals surface area contributed by atoms with E-state index in [-0.39, 0.29) is 5.41 Å². The van der Waals surface area contributed by atoms with E-state index in [1.807, 2.05) is 12.1 Å². The van der Waals surface area contributed by atoms with Crippen LogP contribution in [0.2, 0.25) is 0 Å². The number of rotatable bonds is 6. The van der Waals surface area contributed by atoms with Crippen LogP contribution < -0.4 is 0 Å². The summed E-state index contributed by atoms with van der Waals surface area (Å²) in [6.07, 6.45) is 0. The Hall–Kier alpha value is -6.45. The molecule has 1 aromatic heterocycles.